The minimum atomic E-state index is -0.250. The Hall–Kier alpha value is -2.74. The molecule has 2 aliphatic rings. The molecule has 0 atom stereocenters. The predicted molar refractivity (Wildman–Crippen MR) is 102 cm³/mol. The van der Waals surface area contributed by atoms with E-state index in [4.69, 9.17) is 24.6 Å². The fraction of sp³-hybridized carbons (Fsp3) is 0.474. The second-order valence-electron chi connectivity index (χ2n) is 6.46. The van der Waals surface area contributed by atoms with Crippen molar-refractivity contribution in [2.24, 2.45) is 0 Å². The molecule has 0 aliphatic carbocycles. The zero-order valence-electron chi connectivity index (χ0n) is 15.5. The minimum Gasteiger partial charge on any atom is -0.483 e. The van der Waals surface area contributed by atoms with Crippen LogP contribution in [0.4, 0.5) is 11.8 Å². The molecule has 0 saturated carbocycles. The summed E-state index contributed by atoms with van der Waals surface area (Å²) >= 11 is 0. The average molecular weight is 371 g/mol. The Morgan fingerprint density at radius 1 is 1.19 bits per heavy atom. The van der Waals surface area contributed by atoms with Gasteiger partial charge in [0.25, 0.3) is 6.47 Å². The van der Waals surface area contributed by atoms with E-state index in [9.17, 15) is 0 Å². The maximum atomic E-state index is 8.36. The van der Waals surface area contributed by atoms with Crippen LogP contribution in [0.1, 0.15) is 24.1 Å². The molecule has 2 aromatic rings. The van der Waals surface area contributed by atoms with Crippen molar-refractivity contribution in [3.05, 3.63) is 41.9 Å². The Morgan fingerprint density at radius 2 is 1.85 bits per heavy atom. The summed E-state index contributed by atoms with van der Waals surface area (Å²) in [5.41, 5.74) is 2.47. The van der Waals surface area contributed by atoms with Crippen molar-refractivity contribution < 1.29 is 14.6 Å². The fourth-order valence-corrected chi connectivity index (χ4v) is 3.23. The molecular weight excluding hydrogens is 346 g/mol. The monoisotopic (exact) mass is 371 g/mol. The number of aryl methyl sites for hydroxylation is 1. The maximum absolute atomic E-state index is 8.36. The Bertz CT molecular complexity index is 731. The van der Waals surface area contributed by atoms with E-state index in [1.54, 1.807) is 0 Å². The first-order valence-corrected chi connectivity index (χ1v) is 9.18. The van der Waals surface area contributed by atoms with Crippen molar-refractivity contribution in [3.8, 4) is 0 Å². The van der Waals surface area contributed by atoms with Crippen LogP contribution in [0.2, 0.25) is 0 Å². The van der Waals surface area contributed by atoms with Gasteiger partial charge in [0.1, 0.15) is 5.82 Å². The van der Waals surface area contributed by atoms with Crippen molar-refractivity contribution in [1.82, 2.24) is 15.0 Å². The third-order valence-electron chi connectivity index (χ3n) is 4.79. The summed E-state index contributed by atoms with van der Waals surface area (Å²) in [6, 6.07) is 6.35. The third-order valence-corrected chi connectivity index (χ3v) is 4.79. The number of morpholine rings is 1. The lowest BCUT2D eigenvalue weighted by molar-refractivity contribution is -0.122. The molecule has 2 saturated heterocycles. The van der Waals surface area contributed by atoms with E-state index in [-0.39, 0.29) is 6.47 Å². The lowest BCUT2D eigenvalue weighted by atomic mass is 9.92. The van der Waals surface area contributed by atoms with Gasteiger partial charge in [0.15, 0.2) is 0 Å². The molecule has 0 unspecified atom stereocenters. The molecule has 2 aliphatic heterocycles. The summed E-state index contributed by atoms with van der Waals surface area (Å²) in [6.07, 6.45) is 4.66. The number of pyridine rings is 1. The molecule has 8 heteroatoms. The van der Waals surface area contributed by atoms with E-state index in [0.29, 0.717) is 5.92 Å². The number of hydrogen-bond donors (Lipinski definition) is 1. The topological polar surface area (TPSA) is 91.7 Å². The van der Waals surface area contributed by atoms with Gasteiger partial charge in [-0.2, -0.15) is 4.98 Å². The first kappa shape index (κ1) is 19.0. The Morgan fingerprint density at radius 3 is 2.48 bits per heavy atom. The number of rotatable bonds is 4. The summed E-state index contributed by atoms with van der Waals surface area (Å²) in [6.45, 7) is 7.15. The van der Waals surface area contributed by atoms with E-state index in [1.807, 2.05) is 12.4 Å². The van der Waals surface area contributed by atoms with Crippen molar-refractivity contribution in [3.63, 3.8) is 0 Å². The number of carboxylic acid groups (broad SMARTS) is 1. The molecule has 0 spiro atoms. The molecule has 4 heterocycles. The van der Waals surface area contributed by atoms with Crippen LogP contribution in [-0.2, 0) is 16.0 Å². The Kier molecular flexibility index (Phi) is 6.54. The van der Waals surface area contributed by atoms with Crippen LogP contribution in [-0.4, -0.2) is 65.9 Å². The second-order valence-corrected chi connectivity index (χ2v) is 6.46. The summed E-state index contributed by atoms with van der Waals surface area (Å²) in [5, 5.41) is 6.89. The van der Waals surface area contributed by atoms with E-state index < -0.39 is 0 Å². The second kappa shape index (κ2) is 9.27. The summed E-state index contributed by atoms with van der Waals surface area (Å²) < 4.78 is 5.44. The normalized spacial score (nSPS) is 16.9. The first-order chi connectivity index (χ1) is 13.2. The molecule has 0 aromatic carbocycles. The molecule has 4 rings (SSSR count). The molecule has 27 heavy (non-hydrogen) atoms. The minimum absolute atomic E-state index is 0.250. The number of hydrogen-bond acceptors (Lipinski definition) is 7. The molecule has 0 bridgehead atoms. The van der Waals surface area contributed by atoms with Crippen molar-refractivity contribution in [2.75, 3.05) is 49.2 Å². The van der Waals surface area contributed by atoms with E-state index in [0.717, 1.165) is 63.3 Å². The van der Waals surface area contributed by atoms with Gasteiger partial charge in [-0.1, -0.05) is 6.92 Å². The molecule has 1 N–H and O–H groups in total. The number of aromatic nitrogens is 3. The average Bonchev–Trinajstić information content (AvgIpc) is 2.69. The highest BCUT2D eigenvalue weighted by Gasteiger charge is 2.30. The van der Waals surface area contributed by atoms with Gasteiger partial charge in [0, 0.05) is 56.3 Å². The molecule has 144 valence electrons. The van der Waals surface area contributed by atoms with Gasteiger partial charge in [-0.25, -0.2) is 4.98 Å². The van der Waals surface area contributed by atoms with Gasteiger partial charge in [0.05, 0.1) is 13.2 Å². The number of carbonyl (C=O) groups is 1. The molecule has 0 amide bonds. The highest BCUT2D eigenvalue weighted by molar-refractivity contribution is 5.50. The number of anilines is 2. The number of nitrogens with zero attached hydrogens (tertiary/aromatic N) is 5. The SMILES string of the molecule is CCc1cc(N2CC(c3ccncc3)C2)nc(N2CCOCC2)n1.O=CO. The molecule has 0 radical (unpaired) electrons. The largest absolute Gasteiger partial charge is 0.483 e. The molecule has 8 nitrogen and oxygen atoms in total. The molecule has 2 aromatic heterocycles. The van der Waals surface area contributed by atoms with Gasteiger partial charge >= 0.3 is 0 Å². The van der Waals surface area contributed by atoms with Gasteiger partial charge in [0.2, 0.25) is 5.95 Å². The van der Waals surface area contributed by atoms with Crippen LogP contribution in [0.25, 0.3) is 0 Å². The van der Waals surface area contributed by atoms with Crippen LogP contribution in [0.5, 0.6) is 0 Å². The predicted octanol–water partition coefficient (Wildman–Crippen LogP) is 1.58. The summed E-state index contributed by atoms with van der Waals surface area (Å²) in [7, 11) is 0. The van der Waals surface area contributed by atoms with E-state index >= 15 is 0 Å². The molecular formula is C19H25N5O3. The quantitative estimate of drug-likeness (QED) is 0.810. The smallest absolute Gasteiger partial charge is 0.290 e. The van der Waals surface area contributed by atoms with Crippen molar-refractivity contribution >= 4 is 18.2 Å². The Labute approximate surface area is 158 Å². The van der Waals surface area contributed by atoms with Crippen molar-refractivity contribution in [1.29, 1.82) is 0 Å². The van der Waals surface area contributed by atoms with Gasteiger partial charge in [-0.15, -0.1) is 0 Å². The molecule has 2 fully saturated rings. The first-order valence-electron chi connectivity index (χ1n) is 9.18. The highest BCUT2D eigenvalue weighted by Crippen LogP contribution is 2.31. The Balaban J connectivity index is 0.000000659. The van der Waals surface area contributed by atoms with Gasteiger partial charge < -0.3 is 19.6 Å². The van der Waals surface area contributed by atoms with Gasteiger partial charge in [-0.3, -0.25) is 9.78 Å². The standard InChI is InChI=1S/C18H23N5O.CH2O2/c1-2-16-11-17(21-18(20-16)22-7-9-24-10-8-22)23-12-15(13-23)14-3-5-19-6-4-14;2-1-3/h3-6,11,15H,2,7-10,12-13H2,1H3;1H,(H,2,3). The maximum Gasteiger partial charge on any atom is 0.290 e. The zero-order valence-corrected chi connectivity index (χ0v) is 15.5. The highest BCUT2D eigenvalue weighted by atomic mass is 16.5. The van der Waals surface area contributed by atoms with Crippen LogP contribution >= 0.6 is 0 Å². The van der Waals surface area contributed by atoms with Crippen LogP contribution in [0.3, 0.4) is 0 Å². The fourth-order valence-electron chi connectivity index (χ4n) is 3.23. The lowest BCUT2D eigenvalue weighted by Crippen LogP contribution is -2.46. The lowest BCUT2D eigenvalue weighted by Gasteiger charge is -2.41. The van der Waals surface area contributed by atoms with Crippen LogP contribution in [0.15, 0.2) is 30.6 Å². The van der Waals surface area contributed by atoms with E-state index in [2.05, 4.69) is 39.9 Å². The van der Waals surface area contributed by atoms with Crippen molar-refractivity contribution in [2.45, 2.75) is 19.3 Å². The third kappa shape index (κ3) is 4.71. The van der Waals surface area contributed by atoms with Gasteiger partial charge in [-0.05, 0) is 24.1 Å². The van der Waals surface area contributed by atoms with Crippen LogP contribution in [0, 0.1) is 0 Å². The number of ether oxygens (including phenoxy) is 1. The van der Waals surface area contributed by atoms with Crippen LogP contribution < -0.4 is 9.80 Å². The zero-order chi connectivity index (χ0) is 19.1. The summed E-state index contributed by atoms with van der Waals surface area (Å²) in [4.78, 5) is 26.6. The van der Waals surface area contributed by atoms with E-state index in [1.165, 1.54) is 5.56 Å². The summed E-state index contributed by atoms with van der Waals surface area (Å²) in [5.74, 6) is 2.47.